The maximum absolute atomic E-state index is 12.9. The van der Waals surface area contributed by atoms with Crippen LogP contribution in [0.3, 0.4) is 0 Å². The molecule has 8 heteroatoms. The van der Waals surface area contributed by atoms with Gasteiger partial charge in [0.1, 0.15) is 0 Å². The Morgan fingerprint density at radius 1 is 1.00 bits per heavy atom. The molecule has 0 N–H and O–H groups in total. The summed E-state index contributed by atoms with van der Waals surface area (Å²) in [5.74, 6) is 0.0875. The van der Waals surface area contributed by atoms with Gasteiger partial charge < -0.3 is 9.64 Å². The summed E-state index contributed by atoms with van der Waals surface area (Å²) in [7, 11) is -3.51. The van der Waals surface area contributed by atoms with Gasteiger partial charge in [-0.05, 0) is 25.8 Å². The van der Waals surface area contributed by atoms with Gasteiger partial charge in [-0.25, -0.2) is 0 Å². The van der Waals surface area contributed by atoms with Crippen LogP contribution in [-0.2, 0) is 26.2 Å². The summed E-state index contributed by atoms with van der Waals surface area (Å²) in [5.41, 5.74) is 1.14. The lowest BCUT2D eigenvalue weighted by atomic mass is 10.1. The predicted octanol–water partition coefficient (Wildman–Crippen LogP) is 1.12. The number of carbonyl (C=O) groups is 1. The lowest BCUT2D eigenvalue weighted by molar-refractivity contribution is -0.132. The second-order valence-electron chi connectivity index (χ2n) is 7.35. The molecular formula is C19H29N3O4S. The second-order valence-corrected chi connectivity index (χ2v) is 9.28. The van der Waals surface area contributed by atoms with Crippen molar-refractivity contribution in [2.75, 3.05) is 39.3 Å². The minimum Gasteiger partial charge on any atom is -0.373 e. The van der Waals surface area contributed by atoms with Crippen LogP contribution < -0.4 is 0 Å². The number of piperazine rings is 1. The van der Waals surface area contributed by atoms with E-state index in [1.165, 1.54) is 8.61 Å². The second kappa shape index (κ2) is 8.68. The molecule has 2 aliphatic heterocycles. The number of hydrogen-bond donors (Lipinski definition) is 0. The van der Waals surface area contributed by atoms with Crippen molar-refractivity contribution in [3.8, 4) is 0 Å². The molecule has 0 bridgehead atoms. The van der Waals surface area contributed by atoms with E-state index in [9.17, 15) is 13.2 Å². The molecule has 0 unspecified atom stereocenters. The first-order valence-electron chi connectivity index (χ1n) is 9.58. The summed E-state index contributed by atoms with van der Waals surface area (Å²) in [6, 6.07) is 9.93. The van der Waals surface area contributed by atoms with Crippen LogP contribution in [0.2, 0.25) is 0 Å². The molecule has 2 heterocycles. The van der Waals surface area contributed by atoms with E-state index >= 15 is 0 Å². The van der Waals surface area contributed by atoms with Gasteiger partial charge in [0.25, 0.3) is 10.2 Å². The van der Waals surface area contributed by atoms with Crippen molar-refractivity contribution in [3.63, 3.8) is 0 Å². The molecule has 0 radical (unpaired) electrons. The van der Waals surface area contributed by atoms with Crippen molar-refractivity contribution >= 4 is 16.1 Å². The van der Waals surface area contributed by atoms with E-state index in [2.05, 4.69) is 0 Å². The van der Waals surface area contributed by atoms with Gasteiger partial charge in [0.15, 0.2) is 0 Å². The number of hydrogen-bond acceptors (Lipinski definition) is 4. The fraction of sp³-hybridized carbons (Fsp3) is 0.632. The van der Waals surface area contributed by atoms with Gasteiger partial charge in [-0.1, -0.05) is 30.3 Å². The van der Waals surface area contributed by atoms with Crippen LogP contribution in [0.25, 0.3) is 0 Å². The molecule has 2 saturated heterocycles. The highest BCUT2D eigenvalue weighted by atomic mass is 32.2. The molecule has 2 atom stereocenters. The Morgan fingerprint density at radius 3 is 2.19 bits per heavy atom. The van der Waals surface area contributed by atoms with Crippen molar-refractivity contribution < 1.29 is 17.9 Å². The quantitative estimate of drug-likeness (QED) is 0.749. The molecule has 1 aromatic carbocycles. The zero-order valence-corrected chi connectivity index (χ0v) is 16.9. The summed E-state index contributed by atoms with van der Waals surface area (Å²) in [4.78, 5) is 14.2. The van der Waals surface area contributed by atoms with Crippen molar-refractivity contribution in [1.82, 2.24) is 13.5 Å². The van der Waals surface area contributed by atoms with E-state index in [1.807, 2.05) is 44.2 Å². The normalized spacial score (nSPS) is 25.5. The van der Waals surface area contributed by atoms with Gasteiger partial charge in [-0.3, -0.25) is 4.79 Å². The molecule has 2 fully saturated rings. The topological polar surface area (TPSA) is 70.2 Å². The predicted molar refractivity (Wildman–Crippen MR) is 103 cm³/mol. The van der Waals surface area contributed by atoms with Crippen molar-refractivity contribution in [3.05, 3.63) is 35.9 Å². The monoisotopic (exact) mass is 395 g/mol. The van der Waals surface area contributed by atoms with Gasteiger partial charge in [-0.2, -0.15) is 17.0 Å². The molecule has 0 spiro atoms. The number of ether oxygens (including phenoxy) is 1. The molecule has 0 saturated carbocycles. The molecule has 3 rings (SSSR count). The highest BCUT2D eigenvalue weighted by Crippen LogP contribution is 2.19. The van der Waals surface area contributed by atoms with Crippen molar-refractivity contribution in [2.45, 2.75) is 38.9 Å². The number of carbonyl (C=O) groups excluding carboxylic acids is 1. The average Bonchev–Trinajstić information content (AvgIpc) is 2.66. The van der Waals surface area contributed by atoms with Crippen molar-refractivity contribution in [1.29, 1.82) is 0 Å². The minimum absolute atomic E-state index is 0.0875. The first-order valence-corrected chi connectivity index (χ1v) is 11.0. The van der Waals surface area contributed by atoms with E-state index in [0.29, 0.717) is 52.1 Å². The SMILES string of the molecule is C[C@@H]1CN(S(=O)(=O)N2CCN(C(=O)CCc3ccccc3)CC2)C[C@H](C)O1. The Bertz CT molecular complexity index is 723. The fourth-order valence-corrected chi connectivity index (χ4v) is 5.45. The molecule has 2 aliphatic rings. The van der Waals surface area contributed by atoms with Gasteiger partial charge in [0.2, 0.25) is 5.91 Å². The highest BCUT2D eigenvalue weighted by molar-refractivity contribution is 7.86. The number of aryl methyl sites for hydroxylation is 1. The van der Waals surface area contributed by atoms with Gasteiger partial charge in [0.05, 0.1) is 12.2 Å². The zero-order valence-electron chi connectivity index (χ0n) is 16.1. The third kappa shape index (κ3) is 5.07. The third-order valence-electron chi connectivity index (χ3n) is 5.10. The molecular weight excluding hydrogens is 366 g/mol. The van der Waals surface area contributed by atoms with Crippen LogP contribution >= 0.6 is 0 Å². The summed E-state index contributed by atoms with van der Waals surface area (Å²) >= 11 is 0. The van der Waals surface area contributed by atoms with Gasteiger partial charge in [-0.15, -0.1) is 0 Å². The first kappa shape index (κ1) is 20.3. The lowest BCUT2D eigenvalue weighted by Gasteiger charge is -2.40. The zero-order chi connectivity index (χ0) is 19.4. The van der Waals surface area contributed by atoms with Crippen LogP contribution in [0.4, 0.5) is 0 Å². The van der Waals surface area contributed by atoms with Gasteiger partial charge >= 0.3 is 0 Å². The number of rotatable bonds is 5. The van der Waals surface area contributed by atoms with Crippen LogP contribution in [0, 0.1) is 0 Å². The summed E-state index contributed by atoms with van der Waals surface area (Å²) in [6.45, 7) is 6.12. The summed E-state index contributed by atoms with van der Waals surface area (Å²) in [5, 5.41) is 0. The van der Waals surface area contributed by atoms with Crippen molar-refractivity contribution in [2.24, 2.45) is 0 Å². The largest absolute Gasteiger partial charge is 0.373 e. The highest BCUT2D eigenvalue weighted by Gasteiger charge is 2.37. The Hall–Kier alpha value is -1.48. The maximum atomic E-state index is 12.9. The molecule has 1 aromatic rings. The Labute approximate surface area is 162 Å². The summed E-state index contributed by atoms with van der Waals surface area (Å²) < 4.78 is 34.5. The van der Waals surface area contributed by atoms with E-state index in [4.69, 9.17) is 4.74 Å². The van der Waals surface area contributed by atoms with E-state index < -0.39 is 10.2 Å². The molecule has 7 nitrogen and oxygen atoms in total. The first-order chi connectivity index (χ1) is 12.9. The number of benzene rings is 1. The van der Waals surface area contributed by atoms with Gasteiger partial charge in [0, 0.05) is 45.7 Å². The van der Waals surface area contributed by atoms with E-state index in [1.54, 1.807) is 4.90 Å². The van der Waals surface area contributed by atoms with Crippen LogP contribution in [-0.4, -0.2) is 79.3 Å². The fourth-order valence-electron chi connectivity index (χ4n) is 3.70. The molecule has 1 amide bonds. The van der Waals surface area contributed by atoms with E-state index in [-0.39, 0.29) is 18.1 Å². The number of amides is 1. The Balaban J connectivity index is 1.51. The number of nitrogens with zero attached hydrogens (tertiary/aromatic N) is 3. The Kier molecular flexibility index (Phi) is 6.52. The van der Waals surface area contributed by atoms with Crippen LogP contribution in [0.1, 0.15) is 25.8 Å². The smallest absolute Gasteiger partial charge is 0.282 e. The van der Waals surface area contributed by atoms with E-state index in [0.717, 1.165) is 5.56 Å². The van der Waals surface area contributed by atoms with Crippen LogP contribution in [0.5, 0.6) is 0 Å². The maximum Gasteiger partial charge on any atom is 0.282 e. The number of morpholine rings is 1. The lowest BCUT2D eigenvalue weighted by Crippen LogP contribution is -2.57. The standard InChI is InChI=1S/C19H29N3O4S/c1-16-14-22(15-17(2)26-16)27(24,25)21-12-10-20(11-13-21)19(23)9-8-18-6-4-3-5-7-18/h3-7,16-17H,8-15H2,1-2H3/t16-,17+. The average molecular weight is 396 g/mol. The van der Waals surface area contributed by atoms with Crippen LogP contribution in [0.15, 0.2) is 30.3 Å². The minimum atomic E-state index is -3.51. The summed E-state index contributed by atoms with van der Waals surface area (Å²) in [6.07, 6.45) is 0.950. The molecule has 27 heavy (non-hydrogen) atoms. The Morgan fingerprint density at radius 2 is 1.59 bits per heavy atom. The third-order valence-corrected chi connectivity index (χ3v) is 7.07. The molecule has 0 aromatic heterocycles. The molecule has 150 valence electrons. The molecule has 0 aliphatic carbocycles.